The van der Waals surface area contributed by atoms with Crippen molar-refractivity contribution < 1.29 is 0 Å². The van der Waals surface area contributed by atoms with Crippen molar-refractivity contribution in [2.24, 2.45) is 0 Å². The van der Waals surface area contributed by atoms with Gasteiger partial charge < -0.3 is 0 Å². The Hall–Kier alpha value is 1.68. The van der Waals surface area contributed by atoms with Crippen LogP contribution >= 0.6 is 43.6 Å². The molecule has 0 aliphatic heterocycles. The predicted octanol–water partition coefficient (Wildman–Crippen LogP) is 5.29. The third-order valence-corrected chi connectivity index (χ3v) is 6.44. The smallest absolute Gasteiger partial charge is 0.105 e. The number of halogens is 2. The van der Waals surface area contributed by atoms with Gasteiger partial charge in [0.25, 0.3) is 0 Å². The maximum Gasteiger partial charge on any atom is 0.189 e. The van der Waals surface area contributed by atoms with Crippen LogP contribution in [0.5, 0.6) is 0 Å². The Morgan fingerprint density at radius 1 is 0.917 bits per heavy atom. The van der Waals surface area contributed by atoms with Crippen LogP contribution in [-0.2, 0) is 0 Å². The van der Waals surface area contributed by atoms with Crippen molar-refractivity contribution in [3.8, 4) is 0 Å². The Balaban J connectivity index is 3.01. The van der Waals surface area contributed by atoms with Crippen LogP contribution in [0.4, 0.5) is 0 Å². The highest BCUT2D eigenvalue weighted by atomic mass is 127. The van der Waals surface area contributed by atoms with Gasteiger partial charge in [0.2, 0.25) is 0 Å². The summed E-state index contributed by atoms with van der Waals surface area (Å²) in [5.74, 6) is 0. The molecular formula is C9H20I2Si. The molecule has 0 atom stereocenters. The van der Waals surface area contributed by atoms with Gasteiger partial charge in [0, 0.05) is 0 Å². The number of hydrogen-bond donors (Lipinski definition) is 0. The monoisotopic (exact) mass is 410 g/mol. The van der Waals surface area contributed by atoms with Crippen LogP contribution in [0.15, 0.2) is 0 Å². The van der Waals surface area contributed by atoms with Gasteiger partial charge in [-0.05, 0) is 6.04 Å². The Labute approximate surface area is 104 Å². The van der Waals surface area contributed by atoms with Crippen LogP contribution in [0.1, 0.15) is 45.4 Å². The molecule has 0 aliphatic rings. The zero-order valence-electron chi connectivity index (χ0n) is 8.21. The standard InChI is InChI=1S/C9H20I2Si/c1-3-4-5-6-7-8-9-12(2,10)11/h3-9H2,1-2H3. The van der Waals surface area contributed by atoms with E-state index in [1.54, 1.807) is 0 Å². The molecule has 0 saturated carbocycles. The molecule has 0 aliphatic carbocycles. The zero-order valence-corrected chi connectivity index (χ0v) is 13.5. The molecule has 0 heterocycles. The van der Waals surface area contributed by atoms with Crippen LogP contribution in [0.25, 0.3) is 0 Å². The summed E-state index contributed by atoms with van der Waals surface area (Å²) in [6.45, 7) is 4.72. The molecule has 74 valence electrons. The molecule has 0 nitrogen and oxygen atoms in total. The summed E-state index contributed by atoms with van der Waals surface area (Å²) in [7, 11) is 0. The second kappa shape index (κ2) is 8.02. The van der Waals surface area contributed by atoms with E-state index >= 15 is 0 Å². The molecule has 0 amide bonds. The molecule has 12 heavy (non-hydrogen) atoms. The first kappa shape index (κ1) is 13.7. The minimum Gasteiger partial charge on any atom is -0.105 e. The van der Waals surface area contributed by atoms with Gasteiger partial charge in [0.05, 0.1) is 0 Å². The lowest BCUT2D eigenvalue weighted by Gasteiger charge is -2.10. The van der Waals surface area contributed by atoms with Crippen LogP contribution in [0.3, 0.4) is 0 Å². The molecule has 0 bridgehead atoms. The summed E-state index contributed by atoms with van der Waals surface area (Å²) in [6, 6.07) is 1.50. The van der Waals surface area contributed by atoms with Crippen molar-refractivity contribution >= 4 is 46.7 Å². The molecule has 0 rings (SSSR count). The van der Waals surface area contributed by atoms with Crippen molar-refractivity contribution in [1.29, 1.82) is 0 Å². The fourth-order valence-electron chi connectivity index (χ4n) is 1.22. The van der Waals surface area contributed by atoms with Gasteiger partial charge in [-0.1, -0.05) is 52.0 Å². The third kappa shape index (κ3) is 11.7. The van der Waals surface area contributed by atoms with E-state index in [2.05, 4.69) is 57.1 Å². The van der Waals surface area contributed by atoms with Gasteiger partial charge in [0.1, 0.15) is 0 Å². The highest BCUT2D eigenvalue weighted by Gasteiger charge is 2.16. The maximum atomic E-state index is 2.67. The van der Waals surface area contributed by atoms with E-state index in [1.807, 2.05) is 0 Å². The molecule has 0 fully saturated rings. The molecule has 0 aromatic carbocycles. The van der Waals surface area contributed by atoms with E-state index in [9.17, 15) is 0 Å². The van der Waals surface area contributed by atoms with Gasteiger partial charge in [-0.15, -0.1) is 43.6 Å². The minimum absolute atomic E-state index is 0.786. The highest BCUT2D eigenvalue weighted by Crippen LogP contribution is 2.28. The average molecular weight is 410 g/mol. The van der Waals surface area contributed by atoms with Crippen molar-refractivity contribution in [1.82, 2.24) is 0 Å². The van der Waals surface area contributed by atoms with Gasteiger partial charge in [-0.2, -0.15) is 0 Å². The normalized spacial score (nSPS) is 12.0. The summed E-state index contributed by atoms with van der Waals surface area (Å²) in [6.07, 6.45) is 8.66. The van der Waals surface area contributed by atoms with E-state index < -0.39 is 3.07 Å². The number of unbranched alkanes of at least 4 members (excludes halogenated alkanes) is 5. The average Bonchev–Trinajstić information content (AvgIpc) is 1.94. The van der Waals surface area contributed by atoms with Gasteiger partial charge in [-0.25, -0.2) is 0 Å². The van der Waals surface area contributed by atoms with Crippen molar-refractivity contribution in [2.45, 2.75) is 58.0 Å². The first-order valence-corrected chi connectivity index (χ1v) is 13.9. The predicted molar refractivity (Wildman–Crippen MR) is 77.8 cm³/mol. The quantitative estimate of drug-likeness (QED) is 0.232. The second-order valence-electron chi connectivity index (χ2n) is 3.59. The molecule has 0 radical (unpaired) electrons. The molecule has 0 spiro atoms. The summed E-state index contributed by atoms with van der Waals surface area (Å²) in [5.41, 5.74) is 0. The van der Waals surface area contributed by atoms with Crippen molar-refractivity contribution in [3.05, 3.63) is 0 Å². The third-order valence-electron chi connectivity index (χ3n) is 1.97. The fraction of sp³-hybridized carbons (Fsp3) is 1.00. The van der Waals surface area contributed by atoms with Crippen molar-refractivity contribution in [2.75, 3.05) is 0 Å². The minimum atomic E-state index is -0.786. The Morgan fingerprint density at radius 3 is 1.92 bits per heavy atom. The lowest BCUT2D eigenvalue weighted by molar-refractivity contribution is 0.624. The topological polar surface area (TPSA) is 0 Å². The molecule has 0 unspecified atom stereocenters. The first-order valence-electron chi connectivity index (χ1n) is 4.94. The SMILES string of the molecule is CCCCCCCC[Si](C)(I)I. The summed E-state index contributed by atoms with van der Waals surface area (Å²) in [5, 5.41) is 0. The summed E-state index contributed by atoms with van der Waals surface area (Å²) >= 11 is 5.34. The zero-order chi connectivity index (χ0) is 9.45. The van der Waals surface area contributed by atoms with Gasteiger partial charge >= 0.3 is 0 Å². The summed E-state index contributed by atoms with van der Waals surface area (Å²) in [4.78, 5) is 0. The molecule has 0 aromatic rings. The molecule has 3 heteroatoms. The van der Waals surface area contributed by atoms with Crippen LogP contribution in [0.2, 0.25) is 12.6 Å². The molecule has 0 saturated heterocycles. The van der Waals surface area contributed by atoms with E-state index in [4.69, 9.17) is 0 Å². The lowest BCUT2D eigenvalue weighted by Crippen LogP contribution is -2.08. The Bertz CT molecular complexity index is 99.2. The van der Waals surface area contributed by atoms with Gasteiger partial charge in [0.15, 0.2) is 3.07 Å². The van der Waals surface area contributed by atoms with E-state index in [0.717, 1.165) is 0 Å². The van der Waals surface area contributed by atoms with Crippen LogP contribution in [0, 0.1) is 0 Å². The first-order chi connectivity index (χ1) is 5.56. The summed E-state index contributed by atoms with van der Waals surface area (Å²) < 4.78 is -0.786. The molecule has 0 N–H and O–H groups in total. The number of hydrogen-bond acceptors (Lipinski definition) is 0. The van der Waals surface area contributed by atoms with Crippen LogP contribution < -0.4 is 0 Å². The second-order valence-corrected chi connectivity index (χ2v) is 26.7. The largest absolute Gasteiger partial charge is 0.189 e. The highest BCUT2D eigenvalue weighted by molar-refractivity contribution is 14.3. The lowest BCUT2D eigenvalue weighted by atomic mass is 10.1. The van der Waals surface area contributed by atoms with E-state index in [0.29, 0.717) is 0 Å². The molecular weight excluding hydrogens is 390 g/mol. The van der Waals surface area contributed by atoms with Crippen molar-refractivity contribution in [3.63, 3.8) is 0 Å². The van der Waals surface area contributed by atoms with E-state index in [1.165, 1.54) is 44.6 Å². The van der Waals surface area contributed by atoms with E-state index in [-0.39, 0.29) is 0 Å². The van der Waals surface area contributed by atoms with Crippen LogP contribution in [-0.4, -0.2) is 3.07 Å². The Kier molecular flexibility index (Phi) is 9.15. The Morgan fingerprint density at radius 2 is 1.42 bits per heavy atom. The van der Waals surface area contributed by atoms with Gasteiger partial charge in [-0.3, -0.25) is 0 Å². The maximum absolute atomic E-state index is 2.67. The number of rotatable bonds is 7. The molecule has 0 aromatic heterocycles. The fourth-order valence-corrected chi connectivity index (χ4v) is 4.37.